The highest BCUT2D eigenvalue weighted by molar-refractivity contribution is 9.10. The molecule has 4 nitrogen and oxygen atoms in total. The Morgan fingerprint density at radius 2 is 1.77 bits per heavy atom. The SMILES string of the molecule is O=C(CN1CCn2cccc2C1c1ccccc1)Nc1ccccc1Br. The third kappa shape index (κ3) is 3.45. The van der Waals surface area contributed by atoms with Gasteiger partial charge in [0, 0.05) is 29.5 Å². The minimum Gasteiger partial charge on any atom is -0.348 e. The van der Waals surface area contributed by atoms with E-state index in [0.717, 1.165) is 23.2 Å². The number of hydrogen-bond acceptors (Lipinski definition) is 2. The van der Waals surface area contributed by atoms with Crippen LogP contribution in [0.1, 0.15) is 17.3 Å². The van der Waals surface area contributed by atoms with Gasteiger partial charge in [0.15, 0.2) is 0 Å². The van der Waals surface area contributed by atoms with Crippen LogP contribution in [0.2, 0.25) is 0 Å². The smallest absolute Gasteiger partial charge is 0.238 e. The molecule has 1 aliphatic rings. The molecule has 132 valence electrons. The molecule has 1 unspecified atom stereocenters. The van der Waals surface area contributed by atoms with Crippen LogP contribution >= 0.6 is 15.9 Å². The van der Waals surface area contributed by atoms with Crippen LogP contribution in [-0.4, -0.2) is 28.5 Å². The van der Waals surface area contributed by atoms with Crippen LogP contribution in [0.5, 0.6) is 0 Å². The maximum absolute atomic E-state index is 12.7. The number of halogens is 1. The van der Waals surface area contributed by atoms with Crippen LogP contribution in [-0.2, 0) is 11.3 Å². The first-order valence-electron chi connectivity index (χ1n) is 8.71. The van der Waals surface area contributed by atoms with E-state index < -0.39 is 0 Å². The minimum atomic E-state index is -0.00200. The maximum Gasteiger partial charge on any atom is 0.238 e. The number of para-hydroxylation sites is 1. The Morgan fingerprint density at radius 3 is 2.58 bits per heavy atom. The zero-order valence-corrected chi connectivity index (χ0v) is 15.9. The second-order valence-electron chi connectivity index (χ2n) is 6.44. The number of carbonyl (C=O) groups excluding carboxylic acids is 1. The van der Waals surface area contributed by atoms with Crippen LogP contribution in [0, 0.1) is 0 Å². The molecule has 2 heterocycles. The lowest BCUT2D eigenvalue weighted by atomic mass is 10.00. The van der Waals surface area contributed by atoms with Gasteiger partial charge in [-0.3, -0.25) is 9.69 Å². The van der Waals surface area contributed by atoms with Gasteiger partial charge in [-0.15, -0.1) is 0 Å². The molecule has 0 spiro atoms. The summed E-state index contributed by atoms with van der Waals surface area (Å²) in [5.41, 5.74) is 3.24. The molecule has 1 aromatic heterocycles. The Hall–Kier alpha value is -2.37. The van der Waals surface area contributed by atoms with Crippen LogP contribution in [0.4, 0.5) is 5.69 Å². The maximum atomic E-state index is 12.7. The molecule has 0 saturated carbocycles. The average molecular weight is 410 g/mol. The zero-order valence-electron chi connectivity index (χ0n) is 14.3. The molecule has 5 heteroatoms. The number of amides is 1. The fourth-order valence-corrected chi connectivity index (χ4v) is 3.94. The fourth-order valence-electron chi connectivity index (χ4n) is 3.56. The Morgan fingerprint density at radius 1 is 1.00 bits per heavy atom. The van der Waals surface area contributed by atoms with Crippen LogP contribution in [0.3, 0.4) is 0 Å². The molecule has 1 aliphatic heterocycles. The lowest BCUT2D eigenvalue weighted by Gasteiger charge is -2.36. The molecule has 26 heavy (non-hydrogen) atoms. The molecule has 4 rings (SSSR count). The lowest BCUT2D eigenvalue weighted by molar-refractivity contribution is -0.117. The predicted molar refractivity (Wildman–Crippen MR) is 107 cm³/mol. The van der Waals surface area contributed by atoms with E-state index in [9.17, 15) is 4.79 Å². The van der Waals surface area contributed by atoms with Gasteiger partial charge in [-0.05, 0) is 45.8 Å². The van der Waals surface area contributed by atoms with Crippen molar-refractivity contribution in [1.82, 2.24) is 9.47 Å². The first-order chi connectivity index (χ1) is 12.7. The molecular formula is C21H20BrN3O. The number of nitrogens with zero attached hydrogens (tertiary/aromatic N) is 2. The molecular weight excluding hydrogens is 390 g/mol. The topological polar surface area (TPSA) is 37.3 Å². The molecule has 0 saturated heterocycles. The van der Waals surface area contributed by atoms with Crippen molar-refractivity contribution in [1.29, 1.82) is 0 Å². The number of hydrogen-bond donors (Lipinski definition) is 1. The molecule has 1 N–H and O–H groups in total. The highest BCUT2D eigenvalue weighted by Crippen LogP contribution is 2.32. The molecule has 0 radical (unpaired) electrons. The zero-order chi connectivity index (χ0) is 17.9. The van der Waals surface area contributed by atoms with Crippen molar-refractivity contribution in [3.63, 3.8) is 0 Å². The van der Waals surface area contributed by atoms with Gasteiger partial charge in [0.25, 0.3) is 0 Å². The van der Waals surface area contributed by atoms with Crippen molar-refractivity contribution in [2.75, 3.05) is 18.4 Å². The molecule has 0 aliphatic carbocycles. The Bertz CT molecular complexity index is 906. The van der Waals surface area contributed by atoms with E-state index in [2.05, 4.69) is 73.3 Å². The molecule has 0 bridgehead atoms. The van der Waals surface area contributed by atoms with Crippen molar-refractivity contribution in [3.8, 4) is 0 Å². The monoisotopic (exact) mass is 409 g/mol. The van der Waals surface area contributed by atoms with Gasteiger partial charge in [0.2, 0.25) is 5.91 Å². The van der Waals surface area contributed by atoms with Gasteiger partial charge in [0.05, 0.1) is 18.3 Å². The summed E-state index contributed by atoms with van der Waals surface area (Å²) < 4.78 is 3.17. The first-order valence-corrected chi connectivity index (χ1v) is 9.50. The third-order valence-electron chi connectivity index (χ3n) is 4.75. The van der Waals surface area contributed by atoms with Crippen molar-refractivity contribution in [2.24, 2.45) is 0 Å². The van der Waals surface area contributed by atoms with Gasteiger partial charge in [-0.25, -0.2) is 0 Å². The number of fused-ring (bicyclic) bond motifs is 1. The summed E-state index contributed by atoms with van der Waals surface area (Å²) in [4.78, 5) is 14.9. The molecule has 2 aromatic carbocycles. The number of anilines is 1. The Balaban J connectivity index is 1.57. The van der Waals surface area contributed by atoms with Crippen LogP contribution in [0.25, 0.3) is 0 Å². The number of nitrogens with one attached hydrogen (secondary N) is 1. The number of rotatable bonds is 4. The summed E-state index contributed by atoms with van der Waals surface area (Å²) >= 11 is 3.48. The van der Waals surface area contributed by atoms with E-state index in [1.807, 2.05) is 30.3 Å². The third-order valence-corrected chi connectivity index (χ3v) is 5.44. The Labute approximate surface area is 161 Å². The van der Waals surface area contributed by atoms with Gasteiger partial charge in [-0.2, -0.15) is 0 Å². The van der Waals surface area contributed by atoms with Crippen LogP contribution < -0.4 is 5.32 Å². The van der Waals surface area contributed by atoms with Gasteiger partial charge in [0.1, 0.15) is 0 Å². The lowest BCUT2D eigenvalue weighted by Crippen LogP contribution is -2.42. The largest absolute Gasteiger partial charge is 0.348 e. The number of benzene rings is 2. The first kappa shape index (κ1) is 17.1. The average Bonchev–Trinajstić information content (AvgIpc) is 3.13. The van der Waals surface area contributed by atoms with E-state index >= 15 is 0 Å². The standard InChI is InChI=1S/C21H20BrN3O/c22-17-9-4-5-10-18(17)23-20(26)15-25-14-13-24-12-6-11-19(24)21(25)16-7-2-1-3-8-16/h1-12,21H,13-15H2,(H,23,26). The molecule has 0 fully saturated rings. The van der Waals surface area contributed by atoms with Crippen molar-refractivity contribution < 1.29 is 4.79 Å². The van der Waals surface area contributed by atoms with Crippen LogP contribution in [0.15, 0.2) is 77.4 Å². The van der Waals surface area contributed by atoms with E-state index in [4.69, 9.17) is 0 Å². The van der Waals surface area contributed by atoms with E-state index in [1.54, 1.807) is 0 Å². The van der Waals surface area contributed by atoms with Crippen molar-refractivity contribution in [2.45, 2.75) is 12.6 Å². The highest BCUT2D eigenvalue weighted by Gasteiger charge is 2.29. The normalized spacial score (nSPS) is 16.9. The van der Waals surface area contributed by atoms with Crippen molar-refractivity contribution in [3.05, 3.63) is 88.7 Å². The summed E-state index contributed by atoms with van der Waals surface area (Å²) in [7, 11) is 0. The van der Waals surface area contributed by atoms with E-state index in [1.165, 1.54) is 11.3 Å². The second-order valence-corrected chi connectivity index (χ2v) is 7.29. The molecule has 1 atom stereocenters. The molecule has 1 amide bonds. The number of carbonyl (C=O) groups is 1. The summed E-state index contributed by atoms with van der Waals surface area (Å²) in [6.45, 7) is 2.09. The van der Waals surface area contributed by atoms with Gasteiger partial charge < -0.3 is 9.88 Å². The summed E-state index contributed by atoms with van der Waals surface area (Å²) in [6, 6.07) is 22.4. The fraction of sp³-hybridized carbons (Fsp3) is 0.190. The van der Waals surface area contributed by atoms with E-state index in [0.29, 0.717) is 6.54 Å². The quantitative estimate of drug-likeness (QED) is 0.697. The van der Waals surface area contributed by atoms with Gasteiger partial charge >= 0.3 is 0 Å². The summed E-state index contributed by atoms with van der Waals surface area (Å²) in [5, 5.41) is 3.01. The highest BCUT2D eigenvalue weighted by atomic mass is 79.9. The number of aromatic nitrogens is 1. The van der Waals surface area contributed by atoms with Crippen molar-refractivity contribution >= 4 is 27.5 Å². The minimum absolute atomic E-state index is 0.00200. The summed E-state index contributed by atoms with van der Waals surface area (Å²) in [6.07, 6.45) is 2.11. The Kier molecular flexibility index (Phi) is 4.91. The molecule has 3 aromatic rings. The van der Waals surface area contributed by atoms with Gasteiger partial charge in [-0.1, -0.05) is 42.5 Å². The summed E-state index contributed by atoms with van der Waals surface area (Å²) in [5.74, 6) is -0.00200. The van der Waals surface area contributed by atoms with E-state index in [-0.39, 0.29) is 11.9 Å². The predicted octanol–water partition coefficient (Wildman–Crippen LogP) is 4.29. The second kappa shape index (κ2) is 7.48.